The van der Waals surface area contributed by atoms with Crippen LogP contribution in [0.5, 0.6) is 0 Å². The molecule has 21 heteroatoms. The number of aliphatic hydroxyl groups excluding tert-OH is 15. The van der Waals surface area contributed by atoms with Crippen LogP contribution in [0.3, 0.4) is 0 Å². The molecule has 0 amide bonds. The van der Waals surface area contributed by atoms with E-state index in [-0.39, 0.29) is 0 Å². The minimum Gasteiger partial charge on any atom is -0.394 e. The van der Waals surface area contributed by atoms with Crippen LogP contribution in [0.2, 0.25) is 0 Å². The average Bonchev–Trinajstić information content (AvgIpc) is 3.01. The zero-order chi connectivity index (χ0) is 34.3. The molecule has 0 radical (unpaired) electrons. The number of rotatable bonds is 5. The number of aliphatic hydroxyl groups is 16. The van der Waals surface area contributed by atoms with Gasteiger partial charge in [-0.25, -0.2) is 0 Å². The van der Waals surface area contributed by atoms with Crippen LogP contribution >= 0.6 is 0 Å². The lowest BCUT2D eigenvalue weighted by molar-refractivity contribution is -0.429. The molecule has 266 valence electrons. The molecule has 16 N–H and O–H groups in total. The highest BCUT2D eigenvalue weighted by molar-refractivity contribution is 5.19. The maximum Gasteiger partial charge on any atom is 0.187 e. The molecular formula is C24H44O21. The Kier molecular flexibility index (Phi) is 12.6. The fraction of sp³-hybridized carbons (Fsp3) is 1.00. The normalized spacial score (nSPS) is 55.9. The van der Waals surface area contributed by atoms with E-state index in [1.165, 1.54) is 6.92 Å². The van der Waals surface area contributed by atoms with Crippen molar-refractivity contribution in [1.82, 2.24) is 0 Å². The summed E-state index contributed by atoms with van der Waals surface area (Å²) in [5, 5.41) is 159. The highest BCUT2D eigenvalue weighted by atomic mass is 16.7. The average molecular weight is 669 g/mol. The van der Waals surface area contributed by atoms with Gasteiger partial charge in [0.05, 0.1) is 25.4 Å². The predicted molar refractivity (Wildman–Crippen MR) is 136 cm³/mol. The van der Waals surface area contributed by atoms with Gasteiger partial charge in [-0.1, -0.05) is 0 Å². The molecule has 4 aliphatic rings. The van der Waals surface area contributed by atoms with Crippen molar-refractivity contribution in [2.75, 3.05) is 13.2 Å². The number of hydrogen-bond acceptors (Lipinski definition) is 21. The Hall–Kier alpha value is -0.840. The molecule has 0 saturated carbocycles. The van der Waals surface area contributed by atoms with Crippen LogP contribution in [-0.2, 0) is 23.7 Å². The lowest BCUT2D eigenvalue weighted by Crippen LogP contribution is -2.83. The van der Waals surface area contributed by atoms with Crippen LogP contribution in [0.15, 0.2) is 0 Å². The SMILES string of the molecule is C[C@@H]1OC(O)[C@@H](O)[C@H](O)[C@@H]1O.C[C@@H]1OC(O)[C@@H](O)[C@H](O)[C@]1(O)[C@]1(CO)O[C@@H](O[C@H]2[C@H](O)C(O)C(O)O[C@@H]2CO)[C@H](O)[C@@H](O)[C@H]1O. The van der Waals surface area contributed by atoms with E-state index >= 15 is 0 Å². The van der Waals surface area contributed by atoms with Gasteiger partial charge in [0.15, 0.2) is 36.4 Å². The molecule has 45 heavy (non-hydrogen) atoms. The summed E-state index contributed by atoms with van der Waals surface area (Å²) in [4.78, 5) is 0. The first-order valence-electron chi connectivity index (χ1n) is 13.9. The molecule has 0 aromatic rings. The van der Waals surface area contributed by atoms with Gasteiger partial charge in [-0.2, -0.15) is 0 Å². The first-order chi connectivity index (χ1) is 20.8. The molecule has 4 unspecified atom stereocenters. The summed E-state index contributed by atoms with van der Waals surface area (Å²) in [6.07, 6.45) is -31.9. The van der Waals surface area contributed by atoms with Crippen LogP contribution in [0.4, 0.5) is 0 Å². The molecular weight excluding hydrogens is 624 g/mol. The summed E-state index contributed by atoms with van der Waals surface area (Å²) >= 11 is 0. The molecule has 0 bridgehead atoms. The molecule has 4 rings (SSSR count). The van der Waals surface area contributed by atoms with E-state index < -0.39 is 135 Å². The van der Waals surface area contributed by atoms with Gasteiger partial charge in [0.1, 0.15) is 73.2 Å². The molecule has 4 aliphatic heterocycles. The lowest BCUT2D eigenvalue weighted by atomic mass is 9.66. The van der Waals surface area contributed by atoms with E-state index in [9.17, 15) is 61.3 Å². The van der Waals surface area contributed by atoms with Crippen molar-refractivity contribution in [2.24, 2.45) is 0 Å². The van der Waals surface area contributed by atoms with Crippen molar-refractivity contribution in [3.8, 4) is 0 Å². The summed E-state index contributed by atoms with van der Waals surface area (Å²) in [6, 6.07) is 0. The quantitative estimate of drug-likeness (QED) is 0.129. The standard InChI is InChI=1S/C18H32O16.C6H12O5/c1-4-18(30,13(27)10(25)15(29)31-4)17(3-20)12(26)7(22)9(24)16(34-17)33-11-5(2-19)32-14(28)8(23)6(11)21;1-2-3(7)4(8)5(9)6(10)11-2/h4-16,19-30H,2-3H2,1H3;2-10H,1H3/t4-,5+,6+,7+,8?,9+,10-,11+,12+,13-,14?,15?,16+,17+,18-;2-,3+,4+,5-,6?/m00/s1. The fourth-order valence-electron chi connectivity index (χ4n) is 5.73. The molecule has 4 heterocycles. The fourth-order valence-corrected chi connectivity index (χ4v) is 5.73. The van der Waals surface area contributed by atoms with Gasteiger partial charge < -0.3 is 105 Å². The summed E-state index contributed by atoms with van der Waals surface area (Å²) in [5.41, 5.74) is -5.76. The van der Waals surface area contributed by atoms with Crippen LogP contribution in [-0.4, -0.2) is 217 Å². The van der Waals surface area contributed by atoms with Crippen LogP contribution < -0.4 is 0 Å². The highest BCUT2D eigenvalue weighted by Gasteiger charge is 2.71. The summed E-state index contributed by atoms with van der Waals surface area (Å²) in [7, 11) is 0. The maximum absolute atomic E-state index is 11.4. The molecule has 20 atom stereocenters. The van der Waals surface area contributed by atoms with Gasteiger partial charge in [-0.3, -0.25) is 0 Å². The van der Waals surface area contributed by atoms with Crippen LogP contribution in [0.1, 0.15) is 13.8 Å². The second-order valence-corrected chi connectivity index (χ2v) is 11.4. The van der Waals surface area contributed by atoms with E-state index in [4.69, 9.17) is 39.4 Å². The van der Waals surface area contributed by atoms with Crippen molar-refractivity contribution in [3.05, 3.63) is 0 Å². The van der Waals surface area contributed by atoms with Crippen LogP contribution in [0, 0.1) is 0 Å². The second kappa shape index (κ2) is 14.7. The topological polar surface area (TPSA) is 370 Å². The van der Waals surface area contributed by atoms with Crippen molar-refractivity contribution < 1.29 is 105 Å². The van der Waals surface area contributed by atoms with E-state index in [0.717, 1.165) is 6.92 Å². The van der Waals surface area contributed by atoms with Gasteiger partial charge >= 0.3 is 0 Å². The third-order valence-electron chi connectivity index (χ3n) is 8.66. The molecule has 0 aromatic heterocycles. The molecule has 0 aliphatic carbocycles. The molecule has 4 saturated heterocycles. The Balaban J connectivity index is 0.000000423. The number of hydrogen-bond donors (Lipinski definition) is 16. The Bertz CT molecular complexity index is 933. The van der Waals surface area contributed by atoms with E-state index in [2.05, 4.69) is 4.74 Å². The third-order valence-corrected chi connectivity index (χ3v) is 8.66. The van der Waals surface area contributed by atoms with Crippen molar-refractivity contribution in [1.29, 1.82) is 0 Å². The summed E-state index contributed by atoms with van der Waals surface area (Å²) in [6.45, 7) is 0.374. The largest absolute Gasteiger partial charge is 0.394 e. The first-order valence-corrected chi connectivity index (χ1v) is 13.9. The predicted octanol–water partition coefficient (Wildman–Crippen LogP) is -10.0. The summed E-state index contributed by atoms with van der Waals surface area (Å²) < 4.78 is 25.5. The van der Waals surface area contributed by atoms with Gasteiger partial charge in [0.2, 0.25) is 0 Å². The van der Waals surface area contributed by atoms with Crippen molar-refractivity contribution >= 4 is 0 Å². The molecule has 0 spiro atoms. The Morgan fingerprint density at radius 3 is 1.67 bits per heavy atom. The van der Waals surface area contributed by atoms with Crippen molar-refractivity contribution in [2.45, 2.75) is 136 Å². The minimum absolute atomic E-state index is 0.664. The van der Waals surface area contributed by atoms with E-state index in [1.807, 2.05) is 0 Å². The zero-order valence-corrected chi connectivity index (χ0v) is 24.0. The minimum atomic E-state index is -2.93. The first kappa shape index (κ1) is 38.6. The van der Waals surface area contributed by atoms with Gasteiger partial charge in [0.25, 0.3) is 0 Å². The Morgan fingerprint density at radius 1 is 0.578 bits per heavy atom. The third kappa shape index (κ3) is 6.74. The van der Waals surface area contributed by atoms with E-state index in [0.29, 0.717) is 0 Å². The van der Waals surface area contributed by atoms with E-state index in [1.54, 1.807) is 0 Å². The Morgan fingerprint density at radius 2 is 1.11 bits per heavy atom. The Labute approximate surface area is 254 Å². The summed E-state index contributed by atoms with van der Waals surface area (Å²) in [5.74, 6) is 0. The van der Waals surface area contributed by atoms with Gasteiger partial charge in [-0.05, 0) is 13.8 Å². The smallest absolute Gasteiger partial charge is 0.187 e. The van der Waals surface area contributed by atoms with Gasteiger partial charge in [0, 0.05) is 0 Å². The monoisotopic (exact) mass is 668 g/mol. The lowest BCUT2D eigenvalue weighted by Gasteiger charge is -2.60. The van der Waals surface area contributed by atoms with Gasteiger partial charge in [-0.15, -0.1) is 0 Å². The second-order valence-electron chi connectivity index (χ2n) is 11.4. The zero-order valence-electron chi connectivity index (χ0n) is 24.0. The number of ether oxygens (including phenoxy) is 5. The van der Waals surface area contributed by atoms with Crippen LogP contribution in [0.25, 0.3) is 0 Å². The molecule has 21 nitrogen and oxygen atoms in total. The van der Waals surface area contributed by atoms with Crippen molar-refractivity contribution in [3.63, 3.8) is 0 Å². The molecule has 4 fully saturated rings. The maximum atomic E-state index is 11.4. The highest BCUT2D eigenvalue weighted by Crippen LogP contribution is 2.46. The molecule has 0 aromatic carbocycles.